The van der Waals surface area contributed by atoms with Gasteiger partial charge in [-0.15, -0.1) is 0 Å². The molecule has 1 rings (SSSR count). The third kappa shape index (κ3) is 13.9. The Morgan fingerprint density at radius 2 is 0.917 bits per heavy atom. The molecule has 1 aliphatic rings. The summed E-state index contributed by atoms with van der Waals surface area (Å²) in [7, 11) is 0. The average molecular weight is 338 g/mol. The molecule has 24 heavy (non-hydrogen) atoms. The molecule has 0 aliphatic carbocycles. The molecule has 0 aromatic carbocycles. The predicted octanol–water partition coefficient (Wildman–Crippen LogP) is 6.87. The first-order valence-corrected chi connectivity index (χ1v) is 11.1. The van der Waals surface area contributed by atoms with Crippen LogP contribution in [0.5, 0.6) is 0 Å². The van der Waals surface area contributed by atoms with Crippen LogP contribution in [0.4, 0.5) is 0 Å². The van der Waals surface area contributed by atoms with Crippen molar-refractivity contribution in [2.75, 3.05) is 13.1 Å². The number of hydrogen-bond acceptors (Lipinski definition) is 1. The number of hydrogen-bond donors (Lipinski definition) is 0. The second-order valence-corrected chi connectivity index (χ2v) is 7.79. The Balaban J connectivity index is 1.64. The zero-order valence-corrected chi connectivity index (χ0v) is 16.5. The Labute approximate surface area is 151 Å². The van der Waals surface area contributed by atoms with Crippen molar-refractivity contribution in [1.29, 1.82) is 0 Å². The van der Waals surface area contributed by atoms with Crippen molar-refractivity contribution in [3.05, 3.63) is 0 Å². The molecule has 1 fully saturated rings. The highest BCUT2D eigenvalue weighted by Crippen LogP contribution is 2.15. The van der Waals surface area contributed by atoms with Gasteiger partial charge >= 0.3 is 0 Å². The van der Waals surface area contributed by atoms with Crippen molar-refractivity contribution in [2.24, 2.45) is 0 Å². The molecule has 0 radical (unpaired) electrons. The molecule has 0 saturated carbocycles. The Morgan fingerprint density at radius 3 is 1.25 bits per heavy atom. The highest BCUT2D eigenvalue weighted by atomic mass is 16.2. The molecule has 0 bridgehead atoms. The second kappa shape index (κ2) is 16.0. The van der Waals surface area contributed by atoms with Crippen LogP contribution >= 0.6 is 0 Å². The minimum absolute atomic E-state index is 0.385. The first kappa shape index (κ1) is 21.5. The molecule has 2 heteroatoms. The van der Waals surface area contributed by atoms with E-state index in [9.17, 15) is 4.79 Å². The van der Waals surface area contributed by atoms with Crippen LogP contribution in [0.2, 0.25) is 0 Å². The summed E-state index contributed by atoms with van der Waals surface area (Å²) >= 11 is 0. The van der Waals surface area contributed by atoms with Gasteiger partial charge in [0.05, 0.1) is 0 Å². The molecular weight excluding hydrogens is 294 g/mol. The van der Waals surface area contributed by atoms with Crippen LogP contribution in [0.1, 0.15) is 122 Å². The normalized spacial score (nSPS) is 13.5. The lowest BCUT2D eigenvalue weighted by molar-refractivity contribution is -0.125. The van der Waals surface area contributed by atoms with Crippen molar-refractivity contribution < 1.29 is 4.79 Å². The summed E-state index contributed by atoms with van der Waals surface area (Å²) in [5.74, 6) is 0.385. The molecule has 0 aromatic heterocycles. The Morgan fingerprint density at radius 1 is 0.583 bits per heavy atom. The van der Waals surface area contributed by atoms with E-state index in [2.05, 4.69) is 6.92 Å². The standard InChI is InChI=1S/C22H43NO/c1-2-3-4-5-6-7-8-9-10-11-12-13-14-15-16-17-18-19-22(24)23-20-21-23/h2-21H2,1H3. The lowest BCUT2D eigenvalue weighted by Gasteiger charge is -2.04. The van der Waals surface area contributed by atoms with Gasteiger partial charge in [-0.2, -0.15) is 0 Å². The van der Waals surface area contributed by atoms with Gasteiger partial charge in [0.15, 0.2) is 0 Å². The zero-order valence-electron chi connectivity index (χ0n) is 16.5. The fourth-order valence-corrected chi connectivity index (χ4v) is 3.46. The van der Waals surface area contributed by atoms with E-state index in [1.165, 1.54) is 103 Å². The smallest absolute Gasteiger partial charge is 0.222 e. The monoisotopic (exact) mass is 337 g/mol. The van der Waals surface area contributed by atoms with E-state index in [4.69, 9.17) is 0 Å². The topological polar surface area (TPSA) is 20.1 Å². The van der Waals surface area contributed by atoms with Crippen LogP contribution in [-0.2, 0) is 4.79 Å². The highest BCUT2D eigenvalue weighted by Gasteiger charge is 2.22. The van der Waals surface area contributed by atoms with E-state index >= 15 is 0 Å². The van der Waals surface area contributed by atoms with Crippen LogP contribution in [0, 0.1) is 0 Å². The lowest BCUT2D eigenvalue weighted by atomic mass is 10.0. The van der Waals surface area contributed by atoms with E-state index in [1.54, 1.807) is 0 Å². The molecule has 142 valence electrons. The van der Waals surface area contributed by atoms with Gasteiger partial charge in [0.25, 0.3) is 0 Å². The Hall–Kier alpha value is -0.530. The van der Waals surface area contributed by atoms with Crippen molar-refractivity contribution in [3.63, 3.8) is 0 Å². The molecule has 0 spiro atoms. The molecule has 0 aromatic rings. The summed E-state index contributed by atoms with van der Waals surface area (Å²) < 4.78 is 0. The van der Waals surface area contributed by atoms with Crippen LogP contribution in [0.3, 0.4) is 0 Å². The fraction of sp³-hybridized carbons (Fsp3) is 0.955. The van der Waals surface area contributed by atoms with Crippen LogP contribution in [0.25, 0.3) is 0 Å². The quantitative estimate of drug-likeness (QED) is 0.197. The molecule has 0 N–H and O–H groups in total. The van der Waals surface area contributed by atoms with Gasteiger partial charge < -0.3 is 4.90 Å². The van der Waals surface area contributed by atoms with Crippen molar-refractivity contribution >= 4 is 5.91 Å². The summed E-state index contributed by atoms with van der Waals surface area (Å²) in [6, 6.07) is 0. The maximum Gasteiger partial charge on any atom is 0.222 e. The van der Waals surface area contributed by atoms with E-state index in [0.717, 1.165) is 25.9 Å². The van der Waals surface area contributed by atoms with Gasteiger partial charge in [0, 0.05) is 19.5 Å². The zero-order chi connectivity index (χ0) is 17.3. The van der Waals surface area contributed by atoms with E-state index < -0.39 is 0 Å². The number of carbonyl (C=O) groups excluding carboxylic acids is 1. The number of rotatable bonds is 18. The van der Waals surface area contributed by atoms with Crippen LogP contribution < -0.4 is 0 Å². The van der Waals surface area contributed by atoms with Gasteiger partial charge in [0.1, 0.15) is 0 Å². The second-order valence-electron chi connectivity index (χ2n) is 7.79. The van der Waals surface area contributed by atoms with Crippen molar-refractivity contribution in [3.8, 4) is 0 Å². The van der Waals surface area contributed by atoms with Gasteiger partial charge in [-0.1, -0.05) is 110 Å². The number of unbranched alkanes of at least 4 members (excludes halogenated alkanes) is 16. The van der Waals surface area contributed by atoms with E-state index in [-0.39, 0.29) is 0 Å². The largest absolute Gasteiger partial charge is 0.339 e. The minimum atomic E-state index is 0.385. The molecule has 1 heterocycles. The van der Waals surface area contributed by atoms with Crippen molar-refractivity contribution in [1.82, 2.24) is 4.90 Å². The summed E-state index contributed by atoms with van der Waals surface area (Å²) in [5.41, 5.74) is 0. The van der Waals surface area contributed by atoms with Gasteiger partial charge in [-0.3, -0.25) is 4.79 Å². The molecule has 1 aliphatic heterocycles. The third-order valence-electron chi connectivity index (χ3n) is 5.29. The SMILES string of the molecule is CCCCCCCCCCCCCCCCCCCC(=O)N1CC1. The molecule has 2 nitrogen and oxygen atoms in total. The fourth-order valence-electron chi connectivity index (χ4n) is 3.46. The van der Waals surface area contributed by atoms with Crippen molar-refractivity contribution in [2.45, 2.75) is 122 Å². The summed E-state index contributed by atoms with van der Waals surface area (Å²) in [4.78, 5) is 13.4. The predicted molar refractivity (Wildman–Crippen MR) is 105 cm³/mol. The highest BCUT2D eigenvalue weighted by molar-refractivity contribution is 5.78. The van der Waals surface area contributed by atoms with Crippen LogP contribution in [0.15, 0.2) is 0 Å². The number of carbonyl (C=O) groups is 1. The first-order valence-electron chi connectivity index (χ1n) is 11.1. The maximum atomic E-state index is 11.5. The minimum Gasteiger partial charge on any atom is -0.339 e. The molecular formula is C22H43NO. The van der Waals surface area contributed by atoms with E-state index in [1.807, 2.05) is 4.90 Å². The number of amides is 1. The molecule has 1 saturated heterocycles. The lowest BCUT2D eigenvalue weighted by Crippen LogP contribution is -2.09. The summed E-state index contributed by atoms with van der Waals surface area (Å²) in [6.45, 7) is 4.31. The van der Waals surface area contributed by atoms with Gasteiger partial charge in [-0.05, 0) is 6.42 Å². The summed E-state index contributed by atoms with van der Waals surface area (Å²) in [5, 5.41) is 0. The van der Waals surface area contributed by atoms with Gasteiger partial charge in [0.2, 0.25) is 5.91 Å². The molecule has 1 amide bonds. The molecule has 0 atom stereocenters. The first-order chi connectivity index (χ1) is 11.8. The number of nitrogens with zero attached hydrogens (tertiary/aromatic N) is 1. The summed E-state index contributed by atoms with van der Waals surface area (Å²) in [6.07, 6.45) is 24.5. The maximum absolute atomic E-state index is 11.5. The Kier molecular flexibility index (Phi) is 14.3. The third-order valence-corrected chi connectivity index (χ3v) is 5.29. The van der Waals surface area contributed by atoms with Gasteiger partial charge in [-0.25, -0.2) is 0 Å². The van der Waals surface area contributed by atoms with Crippen LogP contribution in [-0.4, -0.2) is 23.9 Å². The molecule has 0 unspecified atom stereocenters. The average Bonchev–Trinajstić information content (AvgIpc) is 3.42. The van der Waals surface area contributed by atoms with E-state index in [0.29, 0.717) is 5.91 Å². The Bertz CT molecular complexity index is 286.